The number of aryl methyl sites for hydroxylation is 1. The Kier molecular flexibility index (Phi) is 6.86. The second-order valence-electron chi connectivity index (χ2n) is 4.10. The summed E-state index contributed by atoms with van der Waals surface area (Å²) < 4.78 is 0. The van der Waals surface area contributed by atoms with E-state index in [9.17, 15) is 9.59 Å². The first-order valence-electron chi connectivity index (χ1n) is 6.03. The number of nitrogens with one attached hydrogen (secondary N) is 1. The molecule has 0 aromatic carbocycles. The minimum Gasteiger partial charge on any atom is -0.480 e. The van der Waals surface area contributed by atoms with Crippen LogP contribution in [0.3, 0.4) is 0 Å². The Hall–Kier alpha value is -1.08. The summed E-state index contributed by atoms with van der Waals surface area (Å²) in [6, 6.07) is -0.778. The number of thioether (sulfide) groups is 1. The highest BCUT2D eigenvalue weighted by atomic mass is 32.2. The zero-order valence-corrected chi connectivity index (χ0v) is 12.6. The lowest BCUT2D eigenvalue weighted by Crippen LogP contribution is -2.41. The van der Waals surface area contributed by atoms with Crippen LogP contribution >= 0.6 is 23.1 Å². The molecule has 106 valence electrons. The van der Waals surface area contributed by atoms with Crippen LogP contribution < -0.4 is 5.32 Å². The van der Waals surface area contributed by atoms with E-state index in [1.165, 1.54) is 11.8 Å². The molecule has 1 atom stereocenters. The molecule has 5 nitrogen and oxygen atoms in total. The number of carboxylic acids is 1. The molecule has 0 spiro atoms. The molecule has 0 aliphatic heterocycles. The van der Waals surface area contributed by atoms with E-state index in [1.54, 1.807) is 11.3 Å². The fourth-order valence-corrected chi connectivity index (χ4v) is 2.95. The lowest BCUT2D eigenvalue weighted by Gasteiger charge is -2.13. The third-order valence-electron chi connectivity index (χ3n) is 2.36. The molecular formula is C12H18N2O3S2. The minimum absolute atomic E-state index is 0.238. The molecule has 0 saturated heterocycles. The maximum absolute atomic E-state index is 11.6. The number of aliphatic carboxylic acids is 1. The maximum atomic E-state index is 11.6. The quantitative estimate of drug-likeness (QED) is 0.768. The fourth-order valence-electron chi connectivity index (χ4n) is 1.50. The van der Waals surface area contributed by atoms with Gasteiger partial charge in [-0.3, -0.25) is 4.79 Å². The highest BCUT2D eigenvalue weighted by molar-refractivity contribution is 7.99. The van der Waals surface area contributed by atoms with Gasteiger partial charge in [0.2, 0.25) is 5.91 Å². The number of amides is 1. The van der Waals surface area contributed by atoms with E-state index in [1.807, 2.05) is 19.2 Å². The molecular weight excluding hydrogens is 284 g/mol. The molecule has 2 N–H and O–H groups in total. The van der Waals surface area contributed by atoms with Gasteiger partial charge >= 0.3 is 5.97 Å². The summed E-state index contributed by atoms with van der Waals surface area (Å²) in [6.45, 7) is 3.83. The van der Waals surface area contributed by atoms with Crippen LogP contribution in [0.4, 0.5) is 0 Å². The number of thiazole rings is 1. The molecule has 1 amide bonds. The third kappa shape index (κ3) is 6.07. The summed E-state index contributed by atoms with van der Waals surface area (Å²) in [7, 11) is 0. The van der Waals surface area contributed by atoms with Gasteiger partial charge in [0.15, 0.2) is 0 Å². The van der Waals surface area contributed by atoms with Crippen LogP contribution in [0.2, 0.25) is 0 Å². The first-order valence-corrected chi connectivity index (χ1v) is 8.07. The standard InChI is InChI=1S/C12H18N2O3S2/c1-3-4-10(12(16)17)14-11(15)7-18-5-9-6-19-8(2)13-9/h6,10H,3-5,7H2,1-2H3,(H,14,15)(H,16,17). The predicted octanol–water partition coefficient (Wildman–Crippen LogP) is 2.05. The molecule has 1 rings (SSSR count). The van der Waals surface area contributed by atoms with E-state index >= 15 is 0 Å². The molecule has 0 aliphatic carbocycles. The Balaban J connectivity index is 2.28. The van der Waals surface area contributed by atoms with Crippen molar-refractivity contribution in [1.29, 1.82) is 0 Å². The SMILES string of the molecule is CCCC(NC(=O)CSCc1csc(C)n1)C(=O)O. The lowest BCUT2D eigenvalue weighted by molar-refractivity contribution is -0.141. The van der Waals surface area contributed by atoms with Gasteiger partial charge in [0.25, 0.3) is 0 Å². The van der Waals surface area contributed by atoms with Crippen LogP contribution in [0.1, 0.15) is 30.5 Å². The molecule has 0 fully saturated rings. The number of aromatic nitrogens is 1. The predicted molar refractivity (Wildman–Crippen MR) is 77.5 cm³/mol. The lowest BCUT2D eigenvalue weighted by atomic mass is 10.2. The zero-order chi connectivity index (χ0) is 14.3. The van der Waals surface area contributed by atoms with Gasteiger partial charge in [0.1, 0.15) is 6.04 Å². The van der Waals surface area contributed by atoms with Crippen LogP contribution in [0.25, 0.3) is 0 Å². The number of nitrogens with zero attached hydrogens (tertiary/aromatic N) is 1. The topological polar surface area (TPSA) is 79.3 Å². The Morgan fingerprint density at radius 1 is 1.58 bits per heavy atom. The van der Waals surface area contributed by atoms with E-state index in [0.29, 0.717) is 12.2 Å². The van der Waals surface area contributed by atoms with E-state index < -0.39 is 12.0 Å². The number of hydrogen-bond donors (Lipinski definition) is 2. The van der Waals surface area contributed by atoms with Crippen molar-refractivity contribution in [3.63, 3.8) is 0 Å². The van der Waals surface area contributed by atoms with Gasteiger partial charge in [-0.15, -0.1) is 23.1 Å². The van der Waals surface area contributed by atoms with Crippen molar-refractivity contribution in [2.24, 2.45) is 0 Å². The number of rotatable bonds is 8. The van der Waals surface area contributed by atoms with Crippen molar-refractivity contribution in [3.05, 3.63) is 16.1 Å². The Bertz CT molecular complexity index is 434. The molecule has 1 aromatic rings. The van der Waals surface area contributed by atoms with Gasteiger partial charge in [-0.25, -0.2) is 9.78 Å². The average Bonchev–Trinajstić information content (AvgIpc) is 2.74. The summed E-state index contributed by atoms with van der Waals surface area (Å²) in [5, 5.41) is 14.4. The summed E-state index contributed by atoms with van der Waals surface area (Å²) in [5.74, 6) is -0.291. The van der Waals surface area contributed by atoms with Crippen molar-refractivity contribution in [3.8, 4) is 0 Å². The molecule has 0 saturated carbocycles. The maximum Gasteiger partial charge on any atom is 0.326 e. The second-order valence-corrected chi connectivity index (χ2v) is 6.15. The highest BCUT2D eigenvalue weighted by Crippen LogP contribution is 2.14. The van der Waals surface area contributed by atoms with Crippen LogP contribution in [-0.4, -0.2) is 33.8 Å². The van der Waals surface area contributed by atoms with E-state index in [2.05, 4.69) is 10.3 Å². The van der Waals surface area contributed by atoms with Crippen LogP contribution in [-0.2, 0) is 15.3 Å². The fraction of sp³-hybridized carbons (Fsp3) is 0.583. The summed E-state index contributed by atoms with van der Waals surface area (Å²) >= 11 is 3.02. The number of carbonyl (C=O) groups is 2. The highest BCUT2D eigenvalue weighted by Gasteiger charge is 2.18. The number of carboxylic acid groups (broad SMARTS) is 1. The Labute approximate surface area is 120 Å². The first-order chi connectivity index (χ1) is 9.02. The summed E-state index contributed by atoms with van der Waals surface area (Å²) in [5.41, 5.74) is 0.962. The number of carbonyl (C=O) groups excluding carboxylic acids is 1. The van der Waals surface area contributed by atoms with Gasteiger partial charge in [-0.05, 0) is 13.3 Å². The molecule has 1 unspecified atom stereocenters. The van der Waals surface area contributed by atoms with Crippen molar-refractivity contribution in [2.75, 3.05) is 5.75 Å². The molecule has 1 heterocycles. The summed E-state index contributed by atoms with van der Waals surface area (Å²) in [4.78, 5) is 26.8. The first kappa shape index (κ1) is 16.0. The van der Waals surface area contributed by atoms with Gasteiger partial charge in [0.05, 0.1) is 16.5 Å². The number of hydrogen-bond acceptors (Lipinski definition) is 5. The van der Waals surface area contributed by atoms with Crippen molar-refractivity contribution in [1.82, 2.24) is 10.3 Å². The van der Waals surface area contributed by atoms with Gasteiger partial charge in [0, 0.05) is 11.1 Å². The van der Waals surface area contributed by atoms with E-state index in [-0.39, 0.29) is 11.7 Å². The van der Waals surface area contributed by atoms with Gasteiger partial charge < -0.3 is 10.4 Å². The van der Waals surface area contributed by atoms with Crippen LogP contribution in [0, 0.1) is 6.92 Å². The van der Waals surface area contributed by atoms with E-state index in [4.69, 9.17) is 5.11 Å². The van der Waals surface area contributed by atoms with Crippen LogP contribution in [0.15, 0.2) is 5.38 Å². The largest absolute Gasteiger partial charge is 0.480 e. The van der Waals surface area contributed by atoms with Crippen molar-refractivity contribution >= 4 is 35.0 Å². The minimum atomic E-state index is -0.977. The molecule has 0 radical (unpaired) electrons. The zero-order valence-electron chi connectivity index (χ0n) is 11.0. The van der Waals surface area contributed by atoms with Gasteiger partial charge in [-0.1, -0.05) is 13.3 Å². The second kappa shape index (κ2) is 8.16. The van der Waals surface area contributed by atoms with Crippen molar-refractivity contribution < 1.29 is 14.7 Å². The molecule has 0 aliphatic rings. The average molecular weight is 302 g/mol. The van der Waals surface area contributed by atoms with Crippen molar-refractivity contribution in [2.45, 2.75) is 38.5 Å². The van der Waals surface area contributed by atoms with Gasteiger partial charge in [-0.2, -0.15) is 0 Å². The Morgan fingerprint density at radius 2 is 2.32 bits per heavy atom. The summed E-state index contributed by atoms with van der Waals surface area (Å²) in [6.07, 6.45) is 1.18. The molecule has 19 heavy (non-hydrogen) atoms. The normalized spacial score (nSPS) is 12.1. The smallest absolute Gasteiger partial charge is 0.326 e. The van der Waals surface area contributed by atoms with E-state index in [0.717, 1.165) is 17.1 Å². The molecule has 0 bridgehead atoms. The molecule has 7 heteroatoms. The third-order valence-corrected chi connectivity index (χ3v) is 4.15. The monoisotopic (exact) mass is 302 g/mol. The Morgan fingerprint density at radius 3 is 2.84 bits per heavy atom. The molecule has 1 aromatic heterocycles. The van der Waals surface area contributed by atoms with Crippen LogP contribution in [0.5, 0.6) is 0 Å².